The molecular formula is C56H58N2. The Morgan fingerprint density at radius 2 is 0.638 bits per heavy atom. The van der Waals surface area contributed by atoms with Gasteiger partial charge in [0.05, 0.1) is 11.4 Å². The fourth-order valence-corrected chi connectivity index (χ4v) is 8.46. The van der Waals surface area contributed by atoms with E-state index in [0.29, 0.717) is 0 Å². The Kier molecular flexibility index (Phi) is 9.75. The lowest BCUT2D eigenvalue weighted by atomic mass is 9.84. The summed E-state index contributed by atoms with van der Waals surface area (Å²) in [5.74, 6) is 0. The van der Waals surface area contributed by atoms with E-state index in [2.05, 4.69) is 238 Å². The van der Waals surface area contributed by atoms with Gasteiger partial charge in [-0.2, -0.15) is 0 Å². The molecule has 0 saturated carbocycles. The van der Waals surface area contributed by atoms with Crippen molar-refractivity contribution >= 4 is 66.4 Å². The number of anilines is 6. The van der Waals surface area contributed by atoms with Crippen LogP contribution >= 0.6 is 0 Å². The van der Waals surface area contributed by atoms with Gasteiger partial charge < -0.3 is 9.80 Å². The molecule has 0 amide bonds. The van der Waals surface area contributed by atoms with Crippen LogP contribution in [0.5, 0.6) is 0 Å². The average molecular weight is 759 g/mol. The summed E-state index contributed by atoms with van der Waals surface area (Å²) in [6.07, 6.45) is 0. The highest BCUT2D eigenvalue weighted by Gasteiger charge is 2.25. The van der Waals surface area contributed by atoms with Crippen molar-refractivity contribution in [1.82, 2.24) is 0 Å². The maximum Gasteiger partial charge on any atom is 0.0546 e. The summed E-state index contributed by atoms with van der Waals surface area (Å²) in [5.41, 5.74) is 13.5. The third-order valence-corrected chi connectivity index (χ3v) is 12.0. The smallest absolute Gasteiger partial charge is 0.0546 e. The molecule has 58 heavy (non-hydrogen) atoms. The van der Waals surface area contributed by atoms with Crippen LogP contribution in [0.3, 0.4) is 0 Å². The topological polar surface area (TPSA) is 6.48 Å². The van der Waals surface area contributed by atoms with Gasteiger partial charge in [-0.25, -0.2) is 0 Å². The number of benzene rings is 8. The molecule has 0 saturated heterocycles. The van der Waals surface area contributed by atoms with Crippen LogP contribution in [0.25, 0.3) is 32.3 Å². The number of hydrogen-bond acceptors (Lipinski definition) is 2. The zero-order valence-corrected chi connectivity index (χ0v) is 36.3. The summed E-state index contributed by atoms with van der Waals surface area (Å²) in [5, 5.41) is 7.41. The maximum atomic E-state index is 2.49. The highest BCUT2D eigenvalue weighted by atomic mass is 15.2. The summed E-state index contributed by atoms with van der Waals surface area (Å²) >= 11 is 0. The van der Waals surface area contributed by atoms with Crippen LogP contribution in [-0.4, -0.2) is 0 Å². The van der Waals surface area contributed by atoms with Crippen molar-refractivity contribution in [2.75, 3.05) is 9.80 Å². The summed E-state index contributed by atoms with van der Waals surface area (Å²) in [7, 11) is 0. The van der Waals surface area contributed by atoms with E-state index in [1.165, 1.54) is 82.9 Å². The first-order valence-electron chi connectivity index (χ1n) is 20.9. The van der Waals surface area contributed by atoms with Crippen LogP contribution in [-0.2, 0) is 16.2 Å². The van der Waals surface area contributed by atoms with E-state index in [0.717, 1.165) is 11.4 Å². The molecule has 0 aromatic heterocycles. The fourth-order valence-electron chi connectivity index (χ4n) is 8.46. The number of hydrogen-bond donors (Lipinski definition) is 0. The van der Waals surface area contributed by atoms with Crippen molar-refractivity contribution in [2.24, 2.45) is 0 Å². The van der Waals surface area contributed by atoms with E-state index >= 15 is 0 Å². The number of fused-ring (bicyclic) bond motifs is 5. The van der Waals surface area contributed by atoms with Gasteiger partial charge >= 0.3 is 0 Å². The molecule has 0 fully saturated rings. The summed E-state index contributed by atoms with van der Waals surface area (Å²) in [6, 6.07) is 57.1. The van der Waals surface area contributed by atoms with Gasteiger partial charge in [0.15, 0.2) is 0 Å². The van der Waals surface area contributed by atoms with Crippen LogP contribution in [0, 0.1) is 13.8 Å². The summed E-state index contributed by atoms with van der Waals surface area (Å²) in [4.78, 5) is 4.96. The number of para-hydroxylation sites is 2. The van der Waals surface area contributed by atoms with Crippen molar-refractivity contribution in [1.29, 1.82) is 0 Å². The van der Waals surface area contributed by atoms with E-state index in [1.54, 1.807) is 0 Å². The molecule has 8 aromatic rings. The highest BCUT2D eigenvalue weighted by Crippen LogP contribution is 2.49. The van der Waals surface area contributed by atoms with E-state index in [-0.39, 0.29) is 16.2 Å². The molecule has 0 heterocycles. The minimum absolute atomic E-state index is 0.0311. The van der Waals surface area contributed by atoms with Crippen molar-refractivity contribution in [3.8, 4) is 0 Å². The van der Waals surface area contributed by atoms with Crippen molar-refractivity contribution < 1.29 is 0 Å². The Labute approximate surface area is 346 Å². The Bertz CT molecular complexity index is 2790. The number of rotatable bonds is 6. The second kappa shape index (κ2) is 14.5. The third-order valence-electron chi connectivity index (χ3n) is 12.0. The van der Waals surface area contributed by atoms with Crippen LogP contribution in [0.1, 0.15) is 90.1 Å². The monoisotopic (exact) mass is 758 g/mol. The zero-order valence-electron chi connectivity index (χ0n) is 36.3. The first-order valence-corrected chi connectivity index (χ1v) is 20.9. The minimum Gasteiger partial charge on any atom is -0.310 e. The standard InChI is InChI=1S/C56H58N2/c1-37-18-12-16-22-50(37)57(42-29-24-39(25-30-42)54(3,4)5)52-36-49-47-34-41(56(9,10)11)28-33-46(47)53(35-48(49)44-20-14-15-21-45(44)52)58(51-23-17-13-19-38(51)2)43-31-26-40(27-32-43)55(6,7)8/h12-36H,1-11H3. The molecule has 2 heteroatoms. The van der Waals surface area contributed by atoms with E-state index in [4.69, 9.17) is 0 Å². The van der Waals surface area contributed by atoms with Crippen molar-refractivity contribution in [3.63, 3.8) is 0 Å². The second-order valence-electron chi connectivity index (χ2n) is 19.3. The third kappa shape index (κ3) is 7.15. The van der Waals surface area contributed by atoms with Crippen LogP contribution < -0.4 is 9.80 Å². The SMILES string of the molecule is Cc1ccccc1N(c1ccc(C(C)(C)C)cc1)c1cc2c3cc(C(C)(C)C)ccc3c(N(c3ccc(C(C)(C)C)cc3)c3ccccc3C)cc2c2ccccc12. The summed E-state index contributed by atoms with van der Waals surface area (Å²) < 4.78 is 0. The Morgan fingerprint density at radius 3 is 1.07 bits per heavy atom. The zero-order chi connectivity index (χ0) is 41.1. The molecule has 0 N–H and O–H groups in total. The van der Waals surface area contributed by atoms with Crippen LogP contribution in [0.2, 0.25) is 0 Å². The van der Waals surface area contributed by atoms with Gasteiger partial charge in [-0.3, -0.25) is 0 Å². The molecule has 0 aliphatic rings. The molecule has 0 unspecified atom stereocenters. The summed E-state index contributed by atoms with van der Waals surface area (Å²) in [6.45, 7) is 25.1. The highest BCUT2D eigenvalue weighted by molar-refractivity contribution is 6.24. The first kappa shape index (κ1) is 39.0. The Hall–Kier alpha value is -5.86. The quantitative estimate of drug-likeness (QED) is 0.156. The van der Waals surface area contributed by atoms with E-state index in [9.17, 15) is 0 Å². The molecule has 0 radical (unpaired) electrons. The molecule has 0 aliphatic carbocycles. The van der Waals surface area contributed by atoms with Crippen molar-refractivity contribution in [2.45, 2.75) is 92.4 Å². The van der Waals surface area contributed by atoms with Gasteiger partial charge in [-0.1, -0.05) is 159 Å². The molecule has 8 rings (SSSR count). The van der Waals surface area contributed by atoms with Crippen LogP contribution in [0.4, 0.5) is 34.1 Å². The van der Waals surface area contributed by atoms with E-state index in [1.807, 2.05) is 0 Å². The molecule has 0 atom stereocenters. The molecule has 0 bridgehead atoms. The largest absolute Gasteiger partial charge is 0.310 e. The molecule has 8 aromatic carbocycles. The predicted molar refractivity (Wildman–Crippen MR) is 254 cm³/mol. The van der Waals surface area contributed by atoms with Crippen LogP contribution in [0.15, 0.2) is 152 Å². The Balaban J connectivity index is 1.49. The molecule has 0 aliphatic heterocycles. The molecule has 0 spiro atoms. The average Bonchev–Trinajstić information content (AvgIpc) is 3.19. The lowest BCUT2D eigenvalue weighted by Gasteiger charge is -2.32. The molecule has 2 nitrogen and oxygen atoms in total. The second-order valence-corrected chi connectivity index (χ2v) is 19.3. The van der Waals surface area contributed by atoms with Gasteiger partial charge in [0.1, 0.15) is 0 Å². The number of aryl methyl sites for hydroxylation is 2. The predicted octanol–water partition coefficient (Wildman–Crippen LogP) is 16.6. The van der Waals surface area contributed by atoms with Gasteiger partial charge in [0, 0.05) is 33.5 Å². The normalized spacial score (nSPS) is 12.4. The fraction of sp³-hybridized carbons (Fsp3) is 0.250. The van der Waals surface area contributed by atoms with Gasteiger partial charge in [0.2, 0.25) is 0 Å². The first-order chi connectivity index (χ1) is 27.5. The van der Waals surface area contributed by atoms with E-state index < -0.39 is 0 Å². The lowest BCUT2D eigenvalue weighted by Crippen LogP contribution is -2.15. The molecule has 292 valence electrons. The van der Waals surface area contributed by atoms with Crippen molar-refractivity contribution in [3.05, 3.63) is 179 Å². The Morgan fingerprint density at radius 1 is 0.293 bits per heavy atom. The van der Waals surface area contributed by atoms with Gasteiger partial charge in [0.25, 0.3) is 0 Å². The number of nitrogens with zero attached hydrogens (tertiary/aromatic N) is 2. The minimum atomic E-state index is -0.0311. The lowest BCUT2D eigenvalue weighted by molar-refractivity contribution is 0.590. The maximum absolute atomic E-state index is 2.49. The van der Waals surface area contributed by atoms with Gasteiger partial charge in [-0.15, -0.1) is 0 Å². The van der Waals surface area contributed by atoms with Gasteiger partial charge in [-0.05, 0) is 134 Å². The molecular weight excluding hydrogens is 701 g/mol.